The van der Waals surface area contributed by atoms with Crippen molar-refractivity contribution in [3.05, 3.63) is 40.8 Å². The summed E-state index contributed by atoms with van der Waals surface area (Å²) < 4.78 is 13.5. The Morgan fingerprint density at radius 1 is 1.44 bits per heavy atom. The highest BCUT2D eigenvalue weighted by molar-refractivity contribution is 6.05. The zero-order valence-electron chi connectivity index (χ0n) is 10.0. The Morgan fingerprint density at radius 3 is 2.78 bits per heavy atom. The second-order valence-electron chi connectivity index (χ2n) is 4.05. The number of nitrogens with zero attached hydrogens (tertiary/aromatic N) is 1. The maximum atomic E-state index is 13.5. The van der Waals surface area contributed by atoms with Gasteiger partial charge in [-0.2, -0.15) is 5.10 Å². The van der Waals surface area contributed by atoms with Gasteiger partial charge >= 0.3 is 0 Å². The summed E-state index contributed by atoms with van der Waals surface area (Å²) in [6.45, 7) is 3.51. The molecule has 0 aliphatic heterocycles. The average molecular weight is 248 g/mol. The number of rotatable bonds is 2. The van der Waals surface area contributed by atoms with Gasteiger partial charge in [0.05, 0.1) is 16.9 Å². The van der Waals surface area contributed by atoms with Crippen molar-refractivity contribution >= 4 is 17.4 Å². The first-order valence-corrected chi connectivity index (χ1v) is 5.37. The van der Waals surface area contributed by atoms with Crippen molar-refractivity contribution in [2.24, 2.45) is 0 Å². The topological polar surface area (TPSA) is 83.8 Å². The fourth-order valence-corrected chi connectivity index (χ4v) is 1.52. The van der Waals surface area contributed by atoms with Gasteiger partial charge in [0.25, 0.3) is 5.91 Å². The molecule has 2 aromatic rings. The highest BCUT2D eigenvalue weighted by Gasteiger charge is 2.15. The summed E-state index contributed by atoms with van der Waals surface area (Å²) in [7, 11) is 0. The molecule has 4 N–H and O–H groups in total. The number of benzene rings is 1. The van der Waals surface area contributed by atoms with Crippen LogP contribution in [-0.2, 0) is 0 Å². The number of H-pyrrole nitrogens is 1. The van der Waals surface area contributed by atoms with Crippen LogP contribution in [0.4, 0.5) is 15.9 Å². The van der Waals surface area contributed by atoms with Crippen molar-refractivity contribution < 1.29 is 9.18 Å². The Kier molecular flexibility index (Phi) is 3.01. The average Bonchev–Trinajstić information content (AvgIpc) is 2.64. The number of hydrogen-bond acceptors (Lipinski definition) is 3. The van der Waals surface area contributed by atoms with E-state index >= 15 is 0 Å². The monoisotopic (exact) mass is 248 g/mol. The molecule has 0 fully saturated rings. The predicted molar refractivity (Wildman–Crippen MR) is 66.8 cm³/mol. The fraction of sp³-hybridized carbons (Fsp3) is 0.167. The van der Waals surface area contributed by atoms with Crippen LogP contribution in [0.1, 0.15) is 21.6 Å². The van der Waals surface area contributed by atoms with E-state index in [0.29, 0.717) is 11.4 Å². The minimum atomic E-state index is -0.580. The number of carbonyl (C=O) groups excluding carboxylic acids is 1. The van der Waals surface area contributed by atoms with Crippen molar-refractivity contribution in [3.8, 4) is 0 Å². The summed E-state index contributed by atoms with van der Waals surface area (Å²) >= 11 is 0. The van der Waals surface area contributed by atoms with E-state index < -0.39 is 11.7 Å². The molecule has 0 saturated heterocycles. The number of aromatic nitrogens is 2. The lowest BCUT2D eigenvalue weighted by Gasteiger charge is -2.05. The molecule has 2 rings (SSSR count). The Hall–Kier alpha value is -2.37. The molecular formula is C12H13FN4O. The number of nitrogens with two attached hydrogens (primary N) is 1. The zero-order valence-corrected chi connectivity index (χ0v) is 10.0. The third-order valence-corrected chi connectivity index (χ3v) is 2.59. The van der Waals surface area contributed by atoms with E-state index in [2.05, 4.69) is 15.5 Å². The van der Waals surface area contributed by atoms with Gasteiger partial charge in [0, 0.05) is 0 Å². The highest BCUT2D eigenvalue weighted by atomic mass is 19.1. The number of nitrogen functional groups attached to an aromatic ring is 1. The Morgan fingerprint density at radius 2 is 2.17 bits per heavy atom. The molecule has 0 aliphatic rings. The summed E-state index contributed by atoms with van der Waals surface area (Å²) in [6.07, 6.45) is 0. The molecule has 1 amide bonds. The molecule has 0 saturated carbocycles. The molecule has 0 atom stereocenters. The van der Waals surface area contributed by atoms with Crippen molar-refractivity contribution in [3.63, 3.8) is 0 Å². The molecule has 18 heavy (non-hydrogen) atoms. The first-order chi connectivity index (χ1) is 8.49. The SMILES string of the molecule is Cc1ccc(F)c(C(=O)Nc2n[nH]c(C)c2N)c1. The molecule has 1 aromatic carbocycles. The lowest BCUT2D eigenvalue weighted by molar-refractivity contribution is 0.102. The van der Waals surface area contributed by atoms with Crippen molar-refractivity contribution in [1.82, 2.24) is 10.2 Å². The number of nitrogens with one attached hydrogen (secondary N) is 2. The van der Waals surface area contributed by atoms with E-state index in [1.807, 2.05) is 0 Å². The van der Waals surface area contributed by atoms with Crippen LogP contribution < -0.4 is 11.1 Å². The first kappa shape index (κ1) is 12.1. The van der Waals surface area contributed by atoms with E-state index in [4.69, 9.17) is 5.73 Å². The molecule has 0 unspecified atom stereocenters. The molecule has 0 aliphatic carbocycles. The van der Waals surface area contributed by atoms with E-state index in [1.54, 1.807) is 19.9 Å². The third kappa shape index (κ3) is 2.17. The molecule has 1 aromatic heterocycles. The minimum absolute atomic E-state index is 0.0324. The Labute approximate surface area is 103 Å². The second kappa shape index (κ2) is 4.48. The fourth-order valence-electron chi connectivity index (χ4n) is 1.52. The van der Waals surface area contributed by atoms with Crippen molar-refractivity contribution in [2.75, 3.05) is 11.1 Å². The van der Waals surface area contributed by atoms with Crippen LogP contribution in [0.5, 0.6) is 0 Å². The van der Waals surface area contributed by atoms with Crippen LogP contribution in [0.25, 0.3) is 0 Å². The van der Waals surface area contributed by atoms with E-state index in [-0.39, 0.29) is 11.4 Å². The Bertz CT molecular complexity index is 606. The number of hydrogen-bond donors (Lipinski definition) is 3. The van der Waals surface area contributed by atoms with Crippen molar-refractivity contribution in [2.45, 2.75) is 13.8 Å². The molecule has 1 heterocycles. The number of aryl methyl sites for hydroxylation is 2. The first-order valence-electron chi connectivity index (χ1n) is 5.37. The molecule has 0 bridgehead atoms. The largest absolute Gasteiger partial charge is 0.394 e. The maximum Gasteiger partial charge on any atom is 0.259 e. The molecule has 0 spiro atoms. The Balaban J connectivity index is 2.27. The van der Waals surface area contributed by atoms with E-state index in [9.17, 15) is 9.18 Å². The number of carbonyl (C=O) groups is 1. The second-order valence-corrected chi connectivity index (χ2v) is 4.05. The molecule has 94 valence electrons. The van der Waals surface area contributed by atoms with Crippen LogP contribution in [-0.4, -0.2) is 16.1 Å². The van der Waals surface area contributed by atoms with Gasteiger partial charge in [-0.15, -0.1) is 0 Å². The van der Waals surface area contributed by atoms with Crippen LogP contribution in [0.15, 0.2) is 18.2 Å². The highest BCUT2D eigenvalue weighted by Crippen LogP contribution is 2.19. The van der Waals surface area contributed by atoms with Crippen LogP contribution in [0, 0.1) is 19.7 Å². The van der Waals surface area contributed by atoms with Crippen LogP contribution >= 0.6 is 0 Å². The minimum Gasteiger partial charge on any atom is -0.394 e. The number of halogens is 1. The molecule has 5 nitrogen and oxygen atoms in total. The van der Waals surface area contributed by atoms with Crippen molar-refractivity contribution in [1.29, 1.82) is 0 Å². The van der Waals surface area contributed by atoms with Gasteiger partial charge in [0.2, 0.25) is 0 Å². The standard InChI is InChI=1S/C12H13FN4O/c1-6-3-4-9(13)8(5-6)12(18)15-11-10(14)7(2)16-17-11/h3-5H,14H2,1-2H3,(H2,15,16,17,18). The van der Waals surface area contributed by atoms with Gasteiger partial charge in [-0.25, -0.2) is 4.39 Å². The normalized spacial score (nSPS) is 10.4. The number of anilines is 2. The molecule has 0 radical (unpaired) electrons. The van der Waals surface area contributed by atoms with Gasteiger partial charge in [0.15, 0.2) is 5.82 Å². The molecule has 6 heteroatoms. The van der Waals surface area contributed by atoms with E-state index in [1.165, 1.54) is 12.1 Å². The van der Waals surface area contributed by atoms with Gasteiger partial charge in [-0.05, 0) is 26.0 Å². The molecular weight excluding hydrogens is 235 g/mol. The van der Waals surface area contributed by atoms with Gasteiger partial charge in [-0.1, -0.05) is 11.6 Å². The van der Waals surface area contributed by atoms with Gasteiger partial charge in [-0.3, -0.25) is 9.89 Å². The summed E-state index contributed by atoms with van der Waals surface area (Å²) in [5.74, 6) is -0.947. The van der Waals surface area contributed by atoms with Crippen LogP contribution in [0.2, 0.25) is 0 Å². The number of aromatic amines is 1. The summed E-state index contributed by atoms with van der Waals surface area (Å²) in [5, 5.41) is 8.93. The number of amides is 1. The smallest absolute Gasteiger partial charge is 0.259 e. The lowest BCUT2D eigenvalue weighted by atomic mass is 10.1. The van der Waals surface area contributed by atoms with Crippen LogP contribution in [0.3, 0.4) is 0 Å². The van der Waals surface area contributed by atoms with Gasteiger partial charge < -0.3 is 11.1 Å². The quantitative estimate of drug-likeness (QED) is 0.760. The van der Waals surface area contributed by atoms with E-state index in [0.717, 1.165) is 5.56 Å². The summed E-state index contributed by atoms with van der Waals surface area (Å²) in [5.41, 5.74) is 7.45. The predicted octanol–water partition coefficient (Wildman–Crippen LogP) is 2.00. The maximum absolute atomic E-state index is 13.5. The summed E-state index contributed by atoms with van der Waals surface area (Å²) in [4.78, 5) is 11.9. The lowest BCUT2D eigenvalue weighted by Crippen LogP contribution is -2.15. The van der Waals surface area contributed by atoms with Gasteiger partial charge in [0.1, 0.15) is 5.82 Å². The third-order valence-electron chi connectivity index (χ3n) is 2.59. The zero-order chi connectivity index (χ0) is 13.3. The summed E-state index contributed by atoms with van der Waals surface area (Å²) in [6, 6.07) is 4.32.